The number of anilines is 1. The molecule has 0 atom stereocenters. The van der Waals surface area contributed by atoms with E-state index >= 15 is 0 Å². The van der Waals surface area contributed by atoms with E-state index in [1.165, 1.54) is 0 Å². The summed E-state index contributed by atoms with van der Waals surface area (Å²) < 4.78 is 7.18. The first-order valence-corrected chi connectivity index (χ1v) is 7.76. The van der Waals surface area contributed by atoms with Crippen molar-refractivity contribution in [2.75, 3.05) is 5.32 Å². The first-order chi connectivity index (χ1) is 11.4. The van der Waals surface area contributed by atoms with Gasteiger partial charge in [0.15, 0.2) is 5.82 Å². The van der Waals surface area contributed by atoms with Gasteiger partial charge < -0.3 is 14.4 Å². The highest BCUT2D eigenvalue weighted by molar-refractivity contribution is 6.02. The van der Waals surface area contributed by atoms with Gasteiger partial charge in [0, 0.05) is 36.6 Å². The van der Waals surface area contributed by atoms with Crippen LogP contribution in [0.2, 0.25) is 0 Å². The summed E-state index contributed by atoms with van der Waals surface area (Å²) in [6, 6.07) is 9.23. The fourth-order valence-corrected chi connectivity index (χ4v) is 2.31. The van der Waals surface area contributed by atoms with Crippen molar-refractivity contribution < 1.29 is 9.32 Å². The Bertz CT molecular complexity index is 828. The molecule has 0 saturated heterocycles. The van der Waals surface area contributed by atoms with E-state index in [-0.39, 0.29) is 11.3 Å². The van der Waals surface area contributed by atoms with Crippen molar-refractivity contribution in [1.82, 2.24) is 14.7 Å². The van der Waals surface area contributed by atoms with Crippen LogP contribution in [0.1, 0.15) is 42.6 Å². The molecule has 0 aliphatic rings. The largest absolute Gasteiger partial charge is 0.359 e. The lowest BCUT2D eigenvalue weighted by Gasteiger charge is -2.12. The summed E-state index contributed by atoms with van der Waals surface area (Å²) >= 11 is 0. The predicted molar refractivity (Wildman–Crippen MR) is 90.9 cm³/mol. The van der Waals surface area contributed by atoms with Crippen LogP contribution < -0.4 is 5.32 Å². The van der Waals surface area contributed by atoms with Crippen LogP contribution in [0.25, 0.3) is 0 Å². The highest BCUT2D eigenvalue weighted by atomic mass is 16.5. The Hall–Kier alpha value is -2.89. The number of pyridine rings is 1. The zero-order valence-corrected chi connectivity index (χ0v) is 14.0. The molecule has 24 heavy (non-hydrogen) atoms. The minimum Gasteiger partial charge on any atom is -0.359 e. The topological polar surface area (TPSA) is 73.0 Å². The molecule has 0 unspecified atom stereocenters. The summed E-state index contributed by atoms with van der Waals surface area (Å²) in [6.07, 6.45) is 5.35. The van der Waals surface area contributed by atoms with E-state index in [9.17, 15) is 4.79 Å². The third kappa shape index (κ3) is 3.53. The number of hydrogen-bond donors (Lipinski definition) is 1. The number of amides is 1. The molecule has 3 rings (SSSR count). The van der Waals surface area contributed by atoms with Gasteiger partial charge in [0.25, 0.3) is 5.91 Å². The summed E-state index contributed by atoms with van der Waals surface area (Å²) in [4.78, 5) is 16.5. The van der Waals surface area contributed by atoms with Crippen LogP contribution in [0.4, 0.5) is 5.82 Å². The van der Waals surface area contributed by atoms with Crippen LogP contribution in [0.5, 0.6) is 0 Å². The standard InChI is InChI=1S/C18H20N4O2/c1-18(2,3)15-11-16(21-24-15)20-17(23)14-5-4-10-22(14)12-13-6-8-19-9-7-13/h4-11H,12H2,1-3H3,(H,20,21,23). The molecule has 0 saturated carbocycles. The minimum atomic E-state index is -0.220. The van der Waals surface area contributed by atoms with Crippen LogP contribution in [-0.2, 0) is 12.0 Å². The Balaban J connectivity index is 1.74. The monoisotopic (exact) mass is 324 g/mol. The molecule has 6 nitrogen and oxygen atoms in total. The third-order valence-electron chi connectivity index (χ3n) is 3.66. The van der Waals surface area contributed by atoms with Crippen molar-refractivity contribution in [3.63, 3.8) is 0 Å². The van der Waals surface area contributed by atoms with Crippen molar-refractivity contribution in [2.45, 2.75) is 32.7 Å². The molecule has 1 N–H and O–H groups in total. The van der Waals surface area contributed by atoms with Gasteiger partial charge in [0.1, 0.15) is 11.5 Å². The molecule has 3 aromatic rings. The van der Waals surface area contributed by atoms with Crippen molar-refractivity contribution in [2.24, 2.45) is 0 Å². The summed E-state index contributed by atoms with van der Waals surface area (Å²) in [5, 5.41) is 6.71. The Morgan fingerprint density at radius 3 is 2.67 bits per heavy atom. The lowest BCUT2D eigenvalue weighted by atomic mass is 9.93. The van der Waals surface area contributed by atoms with E-state index < -0.39 is 0 Å². The summed E-state index contributed by atoms with van der Waals surface area (Å²) in [7, 11) is 0. The van der Waals surface area contributed by atoms with Gasteiger partial charge in [-0.1, -0.05) is 25.9 Å². The second-order valence-corrected chi connectivity index (χ2v) is 6.66. The van der Waals surface area contributed by atoms with E-state index in [4.69, 9.17) is 4.52 Å². The average Bonchev–Trinajstić information content (AvgIpc) is 3.17. The van der Waals surface area contributed by atoms with Crippen molar-refractivity contribution in [1.29, 1.82) is 0 Å². The van der Waals surface area contributed by atoms with Gasteiger partial charge in [-0.25, -0.2) is 0 Å². The molecule has 0 radical (unpaired) electrons. The van der Waals surface area contributed by atoms with E-state index in [2.05, 4.69) is 15.5 Å². The first-order valence-electron chi connectivity index (χ1n) is 7.76. The van der Waals surface area contributed by atoms with Crippen molar-refractivity contribution in [3.05, 3.63) is 65.9 Å². The van der Waals surface area contributed by atoms with Gasteiger partial charge in [-0.05, 0) is 29.8 Å². The molecule has 0 bridgehead atoms. The molecule has 0 aliphatic heterocycles. The van der Waals surface area contributed by atoms with Gasteiger partial charge in [-0.2, -0.15) is 0 Å². The minimum absolute atomic E-state index is 0.155. The highest BCUT2D eigenvalue weighted by Gasteiger charge is 2.21. The molecule has 0 aliphatic carbocycles. The van der Waals surface area contributed by atoms with E-state index in [0.29, 0.717) is 18.1 Å². The lowest BCUT2D eigenvalue weighted by molar-refractivity contribution is 0.101. The second-order valence-electron chi connectivity index (χ2n) is 6.66. The summed E-state index contributed by atoms with van der Waals surface area (Å²) in [6.45, 7) is 6.68. The Labute approximate surface area is 140 Å². The Morgan fingerprint density at radius 1 is 1.25 bits per heavy atom. The summed E-state index contributed by atoms with van der Waals surface area (Å²) in [5.74, 6) is 0.925. The Kier molecular flexibility index (Phi) is 4.20. The van der Waals surface area contributed by atoms with Gasteiger partial charge in [-0.15, -0.1) is 0 Å². The van der Waals surface area contributed by atoms with Gasteiger partial charge >= 0.3 is 0 Å². The number of rotatable bonds is 4. The van der Waals surface area contributed by atoms with Crippen LogP contribution in [0, 0.1) is 0 Å². The van der Waals surface area contributed by atoms with Gasteiger partial charge in [0.2, 0.25) is 0 Å². The highest BCUT2D eigenvalue weighted by Crippen LogP contribution is 2.24. The van der Waals surface area contributed by atoms with Crippen LogP contribution in [0.15, 0.2) is 53.4 Å². The SMILES string of the molecule is CC(C)(C)c1cc(NC(=O)c2cccn2Cc2ccncc2)no1. The van der Waals surface area contributed by atoms with Gasteiger partial charge in [-0.3, -0.25) is 9.78 Å². The van der Waals surface area contributed by atoms with E-state index in [1.807, 2.05) is 49.7 Å². The maximum Gasteiger partial charge on any atom is 0.273 e. The molecule has 1 amide bonds. The molecule has 0 spiro atoms. The molecule has 6 heteroatoms. The lowest BCUT2D eigenvalue weighted by Crippen LogP contribution is -2.17. The molecular weight excluding hydrogens is 304 g/mol. The van der Waals surface area contributed by atoms with E-state index in [1.54, 1.807) is 24.5 Å². The number of carbonyl (C=O) groups is 1. The number of aromatic nitrogens is 3. The number of hydrogen-bond acceptors (Lipinski definition) is 4. The second kappa shape index (κ2) is 6.31. The zero-order valence-electron chi connectivity index (χ0n) is 14.0. The third-order valence-corrected chi connectivity index (χ3v) is 3.66. The summed E-state index contributed by atoms with van der Waals surface area (Å²) in [5.41, 5.74) is 1.48. The van der Waals surface area contributed by atoms with Gasteiger partial charge in [0.05, 0.1) is 0 Å². The maximum absolute atomic E-state index is 12.5. The van der Waals surface area contributed by atoms with E-state index in [0.717, 1.165) is 11.3 Å². The molecular formula is C18H20N4O2. The van der Waals surface area contributed by atoms with Crippen molar-refractivity contribution >= 4 is 11.7 Å². The molecule has 0 aromatic carbocycles. The van der Waals surface area contributed by atoms with Crippen molar-refractivity contribution in [3.8, 4) is 0 Å². The smallest absolute Gasteiger partial charge is 0.273 e. The fraction of sp³-hybridized carbons (Fsp3) is 0.278. The number of nitrogens with zero attached hydrogens (tertiary/aromatic N) is 3. The first kappa shape index (κ1) is 16.0. The molecule has 3 heterocycles. The van der Waals surface area contributed by atoms with Crippen LogP contribution in [0.3, 0.4) is 0 Å². The van der Waals surface area contributed by atoms with Crippen LogP contribution >= 0.6 is 0 Å². The normalized spacial score (nSPS) is 11.5. The molecule has 3 aromatic heterocycles. The quantitative estimate of drug-likeness (QED) is 0.797. The molecule has 124 valence electrons. The maximum atomic E-state index is 12.5. The average molecular weight is 324 g/mol. The number of nitrogens with one attached hydrogen (secondary N) is 1. The molecule has 0 fully saturated rings. The fourth-order valence-electron chi connectivity index (χ4n) is 2.31. The number of carbonyl (C=O) groups excluding carboxylic acids is 1. The van der Waals surface area contributed by atoms with Crippen LogP contribution in [-0.4, -0.2) is 20.6 Å². The Morgan fingerprint density at radius 2 is 2.00 bits per heavy atom. The zero-order chi connectivity index (χ0) is 17.2. The predicted octanol–water partition coefficient (Wildman–Crippen LogP) is 3.47.